The van der Waals surface area contributed by atoms with Crippen LogP contribution in [0.1, 0.15) is 11.1 Å². The predicted molar refractivity (Wildman–Crippen MR) is 85.4 cm³/mol. The third kappa shape index (κ3) is 3.15. The van der Waals surface area contributed by atoms with Crippen LogP contribution in [0.4, 0.5) is 4.39 Å². The van der Waals surface area contributed by atoms with Crippen LogP contribution in [0.5, 0.6) is 0 Å². The standard InChI is InChI=1S/C16H9Cl2FOS/c17-10-2-4-14(18)16(6-10)21-15-8-12(20)5-9-1-3-11(19)7-13(9)15/h1-4,6-8H,5H2. The summed E-state index contributed by atoms with van der Waals surface area (Å²) in [6, 6.07) is 9.58. The summed E-state index contributed by atoms with van der Waals surface area (Å²) >= 11 is 13.4. The second-order valence-electron chi connectivity index (χ2n) is 4.63. The number of hydrogen-bond donors (Lipinski definition) is 0. The van der Waals surface area contributed by atoms with Gasteiger partial charge in [0.25, 0.3) is 0 Å². The zero-order chi connectivity index (χ0) is 15.0. The smallest absolute Gasteiger partial charge is 0.161 e. The minimum absolute atomic E-state index is 0.00485. The van der Waals surface area contributed by atoms with Gasteiger partial charge in [-0.05, 0) is 47.5 Å². The molecule has 0 aliphatic heterocycles. The third-order valence-electron chi connectivity index (χ3n) is 3.11. The van der Waals surface area contributed by atoms with Gasteiger partial charge in [0.2, 0.25) is 0 Å². The molecule has 0 heterocycles. The number of thioether (sulfide) groups is 1. The first-order valence-corrected chi connectivity index (χ1v) is 7.76. The number of allylic oxidation sites excluding steroid dienone is 1. The molecule has 0 atom stereocenters. The average molecular weight is 339 g/mol. The first-order chi connectivity index (χ1) is 10.0. The molecule has 0 aromatic heterocycles. The van der Waals surface area contributed by atoms with E-state index in [9.17, 15) is 9.18 Å². The fourth-order valence-corrected chi connectivity index (χ4v) is 3.70. The van der Waals surface area contributed by atoms with E-state index in [-0.39, 0.29) is 11.6 Å². The molecule has 1 aliphatic carbocycles. The quantitative estimate of drug-likeness (QED) is 0.730. The first kappa shape index (κ1) is 14.6. The molecular formula is C16H9Cl2FOS. The molecule has 1 nitrogen and oxygen atoms in total. The molecule has 0 unspecified atom stereocenters. The number of ketones is 1. The molecule has 0 amide bonds. The van der Waals surface area contributed by atoms with Gasteiger partial charge in [-0.2, -0.15) is 0 Å². The minimum Gasteiger partial charge on any atom is -0.294 e. The zero-order valence-corrected chi connectivity index (χ0v) is 13.0. The lowest BCUT2D eigenvalue weighted by Gasteiger charge is -2.17. The Morgan fingerprint density at radius 1 is 1.10 bits per heavy atom. The summed E-state index contributed by atoms with van der Waals surface area (Å²) in [6.45, 7) is 0. The van der Waals surface area contributed by atoms with Crippen LogP contribution in [0.15, 0.2) is 47.4 Å². The molecule has 2 aromatic rings. The van der Waals surface area contributed by atoms with Crippen LogP contribution in [0, 0.1) is 5.82 Å². The SMILES string of the molecule is O=C1C=C(Sc2cc(Cl)ccc2Cl)c2cc(F)ccc2C1. The summed E-state index contributed by atoms with van der Waals surface area (Å²) in [6.07, 6.45) is 1.83. The lowest BCUT2D eigenvalue weighted by atomic mass is 9.96. The van der Waals surface area contributed by atoms with Crippen molar-refractivity contribution in [3.63, 3.8) is 0 Å². The monoisotopic (exact) mass is 338 g/mol. The van der Waals surface area contributed by atoms with Crippen LogP contribution in [0.2, 0.25) is 10.0 Å². The van der Waals surface area contributed by atoms with Crippen molar-refractivity contribution in [2.24, 2.45) is 0 Å². The van der Waals surface area contributed by atoms with Crippen LogP contribution in [0.25, 0.3) is 4.91 Å². The van der Waals surface area contributed by atoms with Gasteiger partial charge in [-0.3, -0.25) is 4.79 Å². The Labute approximate surface area is 135 Å². The van der Waals surface area contributed by atoms with Gasteiger partial charge in [-0.15, -0.1) is 0 Å². The number of carbonyl (C=O) groups is 1. The fourth-order valence-electron chi connectivity index (χ4n) is 2.15. The molecule has 1 aliphatic rings. The van der Waals surface area contributed by atoms with Gasteiger partial charge in [0.15, 0.2) is 5.78 Å². The Kier molecular flexibility index (Phi) is 4.07. The van der Waals surface area contributed by atoms with Gasteiger partial charge in [-0.1, -0.05) is 41.0 Å². The highest BCUT2D eigenvalue weighted by Crippen LogP contribution is 2.42. The first-order valence-electron chi connectivity index (χ1n) is 6.19. The zero-order valence-electron chi connectivity index (χ0n) is 10.7. The second kappa shape index (κ2) is 5.84. The number of fused-ring (bicyclic) bond motifs is 1. The molecule has 3 rings (SSSR count). The molecule has 0 saturated heterocycles. The highest BCUT2D eigenvalue weighted by molar-refractivity contribution is 8.08. The van der Waals surface area contributed by atoms with Crippen molar-refractivity contribution in [1.82, 2.24) is 0 Å². The van der Waals surface area contributed by atoms with E-state index >= 15 is 0 Å². The number of halogens is 3. The maximum Gasteiger partial charge on any atom is 0.161 e. The van der Waals surface area contributed by atoms with Gasteiger partial charge >= 0.3 is 0 Å². The van der Waals surface area contributed by atoms with Gasteiger partial charge in [0.05, 0.1) is 5.02 Å². The van der Waals surface area contributed by atoms with E-state index in [1.165, 1.54) is 30.0 Å². The summed E-state index contributed by atoms with van der Waals surface area (Å²) in [5.74, 6) is -0.332. The van der Waals surface area contributed by atoms with E-state index in [4.69, 9.17) is 23.2 Å². The van der Waals surface area contributed by atoms with E-state index in [2.05, 4.69) is 0 Å². The van der Waals surface area contributed by atoms with Crippen molar-refractivity contribution in [3.05, 3.63) is 69.5 Å². The summed E-state index contributed by atoms with van der Waals surface area (Å²) < 4.78 is 13.5. The molecule has 0 spiro atoms. The number of hydrogen-bond acceptors (Lipinski definition) is 2. The minimum atomic E-state index is -0.327. The van der Waals surface area contributed by atoms with E-state index in [1.807, 2.05) is 0 Å². The second-order valence-corrected chi connectivity index (χ2v) is 6.56. The maximum atomic E-state index is 13.5. The highest BCUT2D eigenvalue weighted by Gasteiger charge is 2.19. The maximum absolute atomic E-state index is 13.5. The highest BCUT2D eigenvalue weighted by atomic mass is 35.5. The molecule has 2 aromatic carbocycles. The molecule has 0 radical (unpaired) electrons. The van der Waals surface area contributed by atoms with E-state index < -0.39 is 0 Å². The van der Waals surface area contributed by atoms with Crippen molar-refractivity contribution >= 4 is 45.7 Å². The number of carbonyl (C=O) groups excluding carboxylic acids is 1. The third-order valence-corrected chi connectivity index (χ3v) is 4.90. The van der Waals surface area contributed by atoms with Gasteiger partial charge < -0.3 is 0 Å². The lowest BCUT2D eigenvalue weighted by molar-refractivity contribution is -0.114. The fraction of sp³-hybridized carbons (Fsp3) is 0.0625. The summed E-state index contributed by atoms with van der Waals surface area (Å²) in [5, 5.41) is 1.10. The summed E-state index contributed by atoms with van der Waals surface area (Å²) in [7, 11) is 0. The van der Waals surface area contributed by atoms with E-state index in [0.717, 1.165) is 16.0 Å². The molecule has 0 bridgehead atoms. The van der Waals surface area contributed by atoms with E-state index in [1.54, 1.807) is 24.3 Å². The van der Waals surface area contributed by atoms with Crippen LogP contribution < -0.4 is 0 Å². The molecular weight excluding hydrogens is 330 g/mol. The topological polar surface area (TPSA) is 17.1 Å². The predicted octanol–water partition coefficient (Wildman–Crippen LogP) is 5.39. The molecule has 0 fully saturated rings. The van der Waals surface area contributed by atoms with Crippen molar-refractivity contribution in [3.8, 4) is 0 Å². The summed E-state index contributed by atoms with van der Waals surface area (Å²) in [5.41, 5.74) is 1.56. The van der Waals surface area contributed by atoms with Crippen LogP contribution in [0.3, 0.4) is 0 Å². The van der Waals surface area contributed by atoms with Crippen molar-refractivity contribution in [2.45, 2.75) is 11.3 Å². The van der Waals surface area contributed by atoms with Crippen molar-refractivity contribution in [2.75, 3.05) is 0 Å². The van der Waals surface area contributed by atoms with Crippen LogP contribution >= 0.6 is 35.0 Å². The van der Waals surface area contributed by atoms with Crippen molar-refractivity contribution in [1.29, 1.82) is 0 Å². The van der Waals surface area contributed by atoms with Gasteiger partial charge in [0, 0.05) is 21.2 Å². The number of benzene rings is 2. The van der Waals surface area contributed by atoms with Gasteiger partial charge in [0.1, 0.15) is 5.82 Å². The van der Waals surface area contributed by atoms with Gasteiger partial charge in [-0.25, -0.2) is 4.39 Å². The Morgan fingerprint density at radius 2 is 1.90 bits per heavy atom. The molecule has 5 heteroatoms. The summed E-state index contributed by atoms with van der Waals surface area (Å²) in [4.78, 5) is 13.2. The Hall–Kier alpha value is -1.29. The Morgan fingerprint density at radius 3 is 2.71 bits per heavy atom. The van der Waals surface area contributed by atoms with Crippen LogP contribution in [-0.4, -0.2) is 5.78 Å². The van der Waals surface area contributed by atoms with Crippen LogP contribution in [-0.2, 0) is 11.2 Å². The number of rotatable bonds is 2. The normalized spacial score (nSPS) is 13.9. The molecule has 106 valence electrons. The Bertz CT molecular complexity index is 771. The molecule has 0 saturated carbocycles. The molecule has 21 heavy (non-hydrogen) atoms. The van der Waals surface area contributed by atoms with Crippen molar-refractivity contribution < 1.29 is 9.18 Å². The average Bonchev–Trinajstić information content (AvgIpc) is 2.43. The Balaban J connectivity index is 2.04. The largest absolute Gasteiger partial charge is 0.294 e. The molecule has 0 N–H and O–H groups in total. The lowest BCUT2D eigenvalue weighted by Crippen LogP contribution is -2.08. The van der Waals surface area contributed by atoms with E-state index in [0.29, 0.717) is 21.4 Å².